The molecular formula is C15H14FN3OS. The van der Waals surface area contributed by atoms with E-state index in [-0.39, 0.29) is 11.6 Å². The van der Waals surface area contributed by atoms with Gasteiger partial charge >= 0.3 is 0 Å². The Bertz CT molecular complexity index is 746. The van der Waals surface area contributed by atoms with Gasteiger partial charge in [0.15, 0.2) is 11.6 Å². The molecule has 3 aromatic rings. The Kier molecular flexibility index (Phi) is 3.96. The van der Waals surface area contributed by atoms with Crippen LogP contribution in [0.2, 0.25) is 0 Å². The Morgan fingerprint density at radius 1 is 1.24 bits per heavy atom. The Balaban J connectivity index is 1.66. The normalized spacial score (nSPS) is 10.8. The van der Waals surface area contributed by atoms with Crippen LogP contribution in [0.3, 0.4) is 0 Å². The molecule has 2 heterocycles. The molecule has 6 heteroatoms. The number of hydrogen-bond acceptors (Lipinski definition) is 5. The predicted octanol–water partition coefficient (Wildman–Crippen LogP) is 3.35. The highest BCUT2D eigenvalue weighted by Crippen LogP contribution is 2.25. The molecule has 0 unspecified atom stereocenters. The number of hydrogen-bond donors (Lipinski definition) is 0. The van der Waals surface area contributed by atoms with Gasteiger partial charge in [-0.2, -0.15) is 0 Å². The number of halogens is 1. The van der Waals surface area contributed by atoms with Crippen LogP contribution in [0.5, 0.6) is 5.75 Å². The second-order valence-corrected chi connectivity index (χ2v) is 5.43. The van der Waals surface area contributed by atoms with E-state index in [4.69, 9.17) is 4.74 Å². The average Bonchev–Trinajstić information content (AvgIpc) is 2.97. The molecule has 0 radical (unpaired) electrons. The summed E-state index contributed by atoms with van der Waals surface area (Å²) in [5.74, 6) is 0.787. The van der Waals surface area contributed by atoms with Crippen molar-refractivity contribution in [2.75, 3.05) is 25.1 Å². The number of likely N-dealkylation sites (N-methyl/N-ethyl adjacent to an activating group) is 1. The Morgan fingerprint density at radius 3 is 2.95 bits per heavy atom. The summed E-state index contributed by atoms with van der Waals surface area (Å²) < 4.78 is 18.9. The number of nitrogens with zero attached hydrogens (tertiary/aromatic N) is 3. The Morgan fingerprint density at radius 2 is 2.10 bits per heavy atom. The van der Waals surface area contributed by atoms with E-state index in [1.54, 1.807) is 35.9 Å². The summed E-state index contributed by atoms with van der Waals surface area (Å²) >= 11 is 1.58. The lowest BCUT2D eigenvalue weighted by atomic mass is 10.3. The lowest BCUT2D eigenvalue weighted by molar-refractivity contribution is 0.309. The van der Waals surface area contributed by atoms with Crippen molar-refractivity contribution in [2.45, 2.75) is 0 Å². The van der Waals surface area contributed by atoms with Gasteiger partial charge in [-0.05, 0) is 23.6 Å². The van der Waals surface area contributed by atoms with Crippen LogP contribution in [0.4, 0.5) is 10.2 Å². The Hall–Kier alpha value is -2.21. The van der Waals surface area contributed by atoms with Crippen molar-refractivity contribution in [2.24, 2.45) is 0 Å². The van der Waals surface area contributed by atoms with E-state index >= 15 is 0 Å². The first kappa shape index (κ1) is 13.8. The second-order valence-electron chi connectivity index (χ2n) is 4.54. The van der Waals surface area contributed by atoms with Gasteiger partial charge in [-0.3, -0.25) is 0 Å². The van der Waals surface area contributed by atoms with Crippen molar-refractivity contribution in [3.05, 3.63) is 47.9 Å². The highest BCUT2D eigenvalue weighted by atomic mass is 32.1. The van der Waals surface area contributed by atoms with Gasteiger partial charge in [0.05, 0.1) is 11.9 Å². The minimum Gasteiger partial charge on any atom is -0.489 e. The van der Waals surface area contributed by atoms with Crippen LogP contribution in [0.15, 0.2) is 42.0 Å². The minimum atomic E-state index is -0.345. The molecule has 0 saturated carbocycles. The molecule has 0 spiro atoms. The van der Waals surface area contributed by atoms with Crippen molar-refractivity contribution < 1.29 is 9.13 Å². The van der Waals surface area contributed by atoms with E-state index in [0.29, 0.717) is 13.2 Å². The molecule has 3 rings (SSSR count). The van der Waals surface area contributed by atoms with E-state index in [0.717, 1.165) is 16.0 Å². The predicted molar refractivity (Wildman–Crippen MR) is 82.6 cm³/mol. The zero-order chi connectivity index (χ0) is 14.7. The summed E-state index contributed by atoms with van der Waals surface area (Å²) in [4.78, 5) is 11.5. The highest BCUT2D eigenvalue weighted by Gasteiger charge is 2.10. The van der Waals surface area contributed by atoms with Crippen molar-refractivity contribution in [1.82, 2.24) is 9.97 Å². The quantitative estimate of drug-likeness (QED) is 0.724. The van der Waals surface area contributed by atoms with Crippen LogP contribution < -0.4 is 9.64 Å². The molecule has 0 amide bonds. The first-order chi connectivity index (χ1) is 10.3. The number of fused-ring (bicyclic) bond motifs is 1. The van der Waals surface area contributed by atoms with Gasteiger partial charge in [-0.25, -0.2) is 14.4 Å². The monoisotopic (exact) mass is 303 g/mol. The number of para-hydroxylation sites is 1. The van der Waals surface area contributed by atoms with Gasteiger partial charge in [-0.1, -0.05) is 12.1 Å². The number of rotatable bonds is 5. The fourth-order valence-corrected chi connectivity index (χ4v) is 2.77. The summed E-state index contributed by atoms with van der Waals surface area (Å²) in [6.45, 7) is 0.989. The molecule has 0 N–H and O–H groups in total. The van der Waals surface area contributed by atoms with Crippen LogP contribution in [-0.4, -0.2) is 30.2 Å². The van der Waals surface area contributed by atoms with Gasteiger partial charge in [0.1, 0.15) is 23.6 Å². The molecule has 0 aliphatic carbocycles. The number of ether oxygens (including phenoxy) is 1. The largest absolute Gasteiger partial charge is 0.489 e. The third kappa shape index (κ3) is 2.95. The molecule has 0 fully saturated rings. The maximum absolute atomic E-state index is 13.4. The first-order valence-electron chi connectivity index (χ1n) is 6.52. The summed E-state index contributed by atoms with van der Waals surface area (Å²) in [5.41, 5.74) is 0. The van der Waals surface area contributed by atoms with Crippen LogP contribution >= 0.6 is 11.3 Å². The van der Waals surface area contributed by atoms with Crippen LogP contribution in [0, 0.1) is 5.82 Å². The molecule has 108 valence electrons. The van der Waals surface area contributed by atoms with Gasteiger partial charge in [0.25, 0.3) is 0 Å². The van der Waals surface area contributed by atoms with E-state index < -0.39 is 0 Å². The van der Waals surface area contributed by atoms with Crippen LogP contribution in [0.1, 0.15) is 0 Å². The van der Waals surface area contributed by atoms with Gasteiger partial charge < -0.3 is 9.64 Å². The fraction of sp³-hybridized carbons (Fsp3) is 0.200. The second kappa shape index (κ2) is 6.05. The molecule has 21 heavy (non-hydrogen) atoms. The van der Waals surface area contributed by atoms with E-state index in [2.05, 4.69) is 9.97 Å². The molecule has 0 aliphatic heterocycles. The van der Waals surface area contributed by atoms with Gasteiger partial charge in [0.2, 0.25) is 0 Å². The molecule has 0 atom stereocenters. The van der Waals surface area contributed by atoms with Crippen molar-refractivity contribution in [3.63, 3.8) is 0 Å². The summed E-state index contributed by atoms with van der Waals surface area (Å²) in [6.07, 6.45) is 1.56. The lowest BCUT2D eigenvalue weighted by Crippen LogP contribution is -2.25. The maximum Gasteiger partial charge on any atom is 0.165 e. The Labute approximate surface area is 125 Å². The van der Waals surface area contributed by atoms with Crippen molar-refractivity contribution in [1.29, 1.82) is 0 Å². The number of anilines is 1. The van der Waals surface area contributed by atoms with Crippen LogP contribution in [-0.2, 0) is 0 Å². The van der Waals surface area contributed by atoms with E-state index in [9.17, 15) is 4.39 Å². The van der Waals surface area contributed by atoms with Crippen molar-refractivity contribution in [3.8, 4) is 5.75 Å². The average molecular weight is 303 g/mol. The maximum atomic E-state index is 13.4. The molecule has 0 saturated heterocycles. The van der Waals surface area contributed by atoms with Crippen molar-refractivity contribution >= 4 is 27.4 Å². The number of benzene rings is 1. The number of aromatic nitrogens is 2. The fourth-order valence-electron chi connectivity index (χ4n) is 2.04. The molecule has 2 aromatic heterocycles. The summed E-state index contributed by atoms with van der Waals surface area (Å²) in [6, 6.07) is 8.41. The summed E-state index contributed by atoms with van der Waals surface area (Å²) in [7, 11) is 1.93. The zero-order valence-electron chi connectivity index (χ0n) is 11.5. The number of thiophene rings is 1. The minimum absolute atomic E-state index is 0.272. The first-order valence-corrected chi connectivity index (χ1v) is 7.40. The third-order valence-corrected chi connectivity index (χ3v) is 3.94. The molecular weight excluding hydrogens is 289 g/mol. The molecule has 1 aromatic carbocycles. The van der Waals surface area contributed by atoms with Gasteiger partial charge in [0, 0.05) is 7.05 Å². The SMILES string of the molecule is CN(CCOc1ccccc1F)c1ncnc2sccc12. The smallest absolute Gasteiger partial charge is 0.165 e. The highest BCUT2D eigenvalue weighted by molar-refractivity contribution is 7.16. The lowest BCUT2D eigenvalue weighted by Gasteiger charge is -2.19. The molecule has 4 nitrogen and oxygen atoms in total. The topological polar surface area (TPSA) is 38.2 Å². The van der Waals surface area contributed by atoms with Gasteiger partial charge in [-0.15, -0.1) is 11.3 Å². The summed E-state index contributed by atoms with van der Waals surface area (Å²) in [5, 5.41) is 3.02. The zero-order valence-corrected chi connectivity index (χ0v) is 12.3. The van der Waals surface area contributed by atoms with E-state index in [1.165, 1.54) is 6.07 Å². The third-order valence-electron chi connectivity index (χ3n) is 3.12. The standard InChI is InChI=1S/C15H14FN3OS/c1-19(7-8-20-13-5-3-2-4-12(13)16)14-11-6-9-21-15(11)18-10-17-14/h2-6,9-10H,7-8H2,1H3. The molecule has 0 bridgehead atoms. The van der Waals surface area contributed by atoms with Crippen LogP contribution in [0.25, 0.3) is 10.2 Å². The molecule has 0 aliphatic rings. The van der Waals surface area contributed by atoms with E-state index in [1.807, 2.05) is 23.4 Å².